The maximum Gasteiger partial charge on any atom is 0.124 e. The van der Waals surface area contributed by atoms with Crippen LogP contribution < -0.4 is 11.3 Å². The maximum absolute atomic E-state index is 13.4. The van der Waals surface area contributed by atoms with Gasteiger partial charge < -0.3 is 4.74 Å². The number of hydrazine groups is 1. The molecule has 0 bridgehead atoms. The molecule has 0 aliphatic rings. The fourth-order valence-electron chi connectivity index (χ4n) is 2.19. The highest BCUT2D eigenvalue weighted by Gasteiger charge is 2.32. The highest BCUT2D eigenvalue weighted by Crippen LogP contribution is 2.24. The first kappa shape index (κ1) is 16.6. The van der Waals surface area contributed by atoms with E-state index in [0.29, 0.717) is 13.0 Å². The van der Waals surface area contributed by atoms with Gasteiger partial charge in [0.15, 0.2) is 0 Å². The molecule has 5 heteroatoms. The average molecular weight is 333 g/mol. The smallest absolute Gasteiger partial charge is 0.124 e. The SMILES string of the molecule is CCOC(C)(CC)C(Cc1cc(F)cc(Br)c1)NN. The normalized spacial score (nSPS) is 16.1. The van der Waals surface area contributed by atoms with Gasteiger partial charge in [0.1, 0.15) is 5.82 Å². The molecule has 0 aliphatic carbocycles. The molecule has 0 aliphatic heterocycles. The second kappa shape index (κ2) is 7.33. The van der Waals surface area contributed by atoms with Crippen molar-refractivity contribution in [3.63, 3.8) is 0 Å². The molecule has 1 rings (SSSR count). The van der Waals surface area contributed by atoms with Crippen molar-refractivity contribution in [2.45, 2.75) is 45.3 Å². The molecule has 1 aromatic rings. The molecule has 0 aromatic heterocycles. The third-order valence-electron chi connectivity index (χ3n) is 3.48. The van der Waals surface area contributed by atoms with Gasteiger partial charge >= 0.3 is 0 Å². The summed E-state index contributed by atoms with van der Waals surface area (Å²) < 4.78 is 19.9. The average Bonchev–Trinajstić information content (AvgIpc) is 2.35. The molecule has 3 nitrogen and oxygen atoms in total. The van der Waals surface area contributed by atoms with E-state index in [2.05, 4.69) is 28.3 Å². The van der Waals surface area contributed by atoms with E-state index >= 15 is 0 Å². The summed E-state index contributed by atoms with van der Waals surface area (Å²) in [6.45, 7) is 6.66. The largest absolute Gasteiger partial charge is 0.374 e. The minimum Gasteiger partial charge on any atom is -0.374 e. The summed E-state index contributed by atoms with van der Waals surface area (Å²) in [7, 11) is 0. The first-order chi connectivity index (χ1) is 8.95. The zero-order valence-electron chi connectivity index (χ0n) is 11.7. The van der Waals surface area contributed by atoms with E-state index in [4.69, 9.17) is 10.6 Å². The van der Waals surface area contributed by atoms with Crippen LogP contribution in [0.25, 0.3) is 0 Å². The quantitative estimate of drug-likeness (QED) is 0.595. The molecule has 0 spiro atoms. The van der Waals surface area contributed by atoms with Gasteiger partial charge in [0.2, 0.25) is 0 Å². The Labute approximate surface area is 122 Å². The van der Waals surface area contributed by atoms with Crippen molar-refractivity contribution < 1.29 is 9.13 Å². The standard InChI is InChI=1S/C14H22BrFN2O/c1-4-14(3,19-5-2)13(18-17)8-10-6-11(15)9-12(16)7-10/h6-7,9,13,18H,4-5,8,17H2,1-3H3. The van der Waals surface area contributed by atoms with Gasteiger partial charge in [-0.2, -0.15) is 0 Å². The molecule has 0 saturated heterocycles. The first-order valence-electron chi connectivity index (χ1n) is 6.50. The van der Waals surface area contributed by atoms with Gasteiger partial charge in [-0.15, -0.1) is 0 Å². The summed E-state index contributed by atoms with van der Waals surface area (Å²) in [5, 5.41) is 0. The van der Waals surface area contributed by atoms with Crippen LogP contribution in [0, 0.1) is 5.82 Å². The summed E-state index contributed by atoms with van der Waals surface area (Å²) in [4.78, 5) is 0. The third kappa shape index (κ3) is 4.53. The van der Waals surface area contributed by atoms with Crippen molar-refractivity contribution in [2.75, 3.05) is 6.61 Å². The summed E-state index contributed by atoms with van der Waals surface area (Å²) in [6, 6.07) is 4.79. The van der Waals surface area contributed by atoms with E-state index in [9.17, 15) is 4.39 Å². The Morgan fingerprint density at radius 3 is 2.58 bits per heavy atom. The Hall–Kier alpha value is -0.490. The van der Waals surface area contributed by atoms with Crippen LogP contribution in [0.15, 0.2) is 22.7 Å². The molecule has 1 aromatic carbocycles. The van der Waals surface area contributed by atoms with Gasteiger partial charge in [-0.05, 0) is 50.5 Å². The number of hydrogen-bond donors (Lipinski definition) is 2. The van der Waals surface area contributed by atoms with E-state index in [1.807, 2.05) is 19.9 Å². The predicted octanol–water partition coefficient (Wildman–Crippen LogP) is 3.17. The van der Waals surface area contributed by atoms with Gasteiger partial charge in [0, 0.05) is 11.1 Å². The van der Waals surface area contributed by atoms with Crippen molar-refractivity contribution in [3.05, 3.63) is 34.1 Å². The Morgan fingerprint density at radius 2 is 2.11 bits per heavy atom. The molecule has 19 heavy (non-hydrogen) atoms. The molecule has 3 N–H and O–H groups in total. The second-order valence-electron chi connectivity index (χ2n) is 4.80. The molecule has 2 unspecified atom stereocenters. The highest BCUT2D eigenvalue weighted by molar-refractivity contribution is 9.10. The first-order valence-corrected chi connectivity index (χ1v) is 7.29. The molecule has 0 amide bonds. The molecule has 0 heterocycles. The van der Waals surface area contributed by atoms with Crippen LogP contribution in [0.3, 0.4) is 0 Å². The lowest BCUT2D eigenvalue weighted by molar-refractivity contribution is -0.0551. The summed E-state index contributed by atoms with van der Waals surface area (Å²) in [5.74, 6) is 5.40. The molecule has 108 valence electrons. The summed E-state index contributed by atoms with van der Waals surface area (Å²) in [6.07, 6.45) is 1.43. The number of hydrogen-bond acceptors (Lipinski definition) is 3. The number of rotatable bonds is 7. The van der Waals surface area contributed by atoms with Gasteiger partial charge in [-0.25, -0.2) is 4.39 Å². The minimum absolute atomic E-state index is 0.0776. The van der Waals surface area contributed by atoms with Crippen LogP contribution in [0.1, 0.15) is 32.8 Å². The van der Waals surface area contributed by atoms with E-state index in [1.165, 1.54) is 12.1 Å². The van der Waals surface area contributed by atoms with Crippen molar-refractivity contribution in [3.8, 4) is 0 Å². The van der Waals surface area contributed by atoms with Crippen molar-refractivity contribution >= 4 is 15.9 Å². The topological polar surface area (TPSA) is 47.3 Å². The van der Waals surface area contributed by atoms with Crippen molar-refractivity contribution in [2.24, 2.45) is 5.84 Å². The van der Waals surface area contributed by atoms with Crippen LogP contribution in [0.4, 0.5) is 4.39 Å². The Bertz CT molecular complexity index is 396. The number of nitrogens with one attached hydrogen (secondary N) is 1. The lowest BCUT2D eigenvalue weighted by Crippen LogP contribution is -2.54. The molecular formula is C14H22BrFN2O. The molecule has 2 atom stereocenters. The van der Waals surface area contributed by atoms with Gasteiger partial charge in [-0.1, -0.05) is 22.9 Å². The number of benzene rings is 1. The molecule has 0 radical (unpaired) electrons. The van der Waals surface area contributed by atoms with E-state index in [-0.39, 0.29) is 17.5 Å². The lowest BCUT2D eigenvalue weighted by atomic mass is 9.88. The van der Waals surface area contributed by atoms with E-state index in [0.717, 1.165) is 16.5 Å². The van der Waals surface area contributed by atoms with Crippen LogP contribution in [0.2, 0.25) is 0 Å². The minimum atomic E-state index is -0.373. The highest BCUT2D eigenvalue weighted by atomic mass is 79.9. The third-order valence-corrected chi connectivity index (χ3v) is 3.93. The molecular weight excluding hydrogens is 311 g/mol. The van der Waals surface area contributed by atoms with Crippen LogP contribution in [-0.4, -0.2) is 18.2 Å². The van der Waals surface area contributed by atoms with Gasteiger partial charge in [0.05, 0.1) is 11.6 Å². The van der Waals surface area contributed by atoms with Crippen molar-refractivity contribution in [1.82, 2.24) is 5.43 Å². The van der Waals surface area contributed by atoms with Crippen LogP contribution in [0.5, 0.6) is 0 Å². The summed E-state index contributed by atoms with van der Waals surface area (Å²) >= 11 is 3.30. The number of ether oxygens (including phenoxy) is 1. The fraction of sp³-hybridized carbons (Fsp3) is 0.571. The van der Waals surface area contributed by atoms with Crippen LogP contribution >= 0.6 is 15.9 Å². The predicted molar refractivity (Wildman–Crippen MR) is 79.2 cm³/mol. The molecule has 0 saturated carbocycles. The Balaban J connectivity index is 2.91. The van der Waals surface area contributed by atoms with E-state index in [1.54, 1.807) is 0 Å². The number of halogens is 2. The molecule has 0 fully saturated rings. The fourth-order valence-corrected chi connectivity index (χ4v) is 2.71. The Morgan fingerprint density at radius 1 is 1.42 bits per heavy atom. The van der Waals surface area contributed by atoms with E-state index < -0.39 is 0 Å². The van der Waals surface area contributed by atoms with Gasteiger partial charge in [-0.3, -0.25) is 11.3 Å². The monoisotopic (exact) mass is 332 g/mol. The number of nitrogens with two attached hydrogens (primary N) is 1. The van der Waals surface area contributed by atoms with Gasteiger partial charge in [0.25, 0.3) is 0 Å². The Kier molecular flexibility index (Phi) is 6.39. The maximum atomic E-state index is 13.4. The van der Waals surface area contributed by atoms with Crippen LogP contribution in [-0.2, 0) is 11.2 Å². The lowest BCUT2D eigenvalue weighted by Gasteiger charge is -2.36. The zero-order chi connectivity index (χ0) is 14.5. The summed E-state index contributed by atoms with van der Waals surface area (Å²) in [5.41, 5.74) is 3.31. The second-order valence-corrected chi connectivity index (χ2v) is 5.72. The van der Waals surface area contributed by atoms with Crippen molar-refractivity contribution in [1.29, 1.82) is 0 Å². The zero-order valence-corrected chi connectivity index (χ0v) is 13.3.